The van der Waals surface area contributed by atoms with Gasteiger partial charge >= 0.3 is 0 Å². The van der Waals surface area contributed by atoms with Gasteiger partial charge in [-0.25, -0.2) is 0 Å². The van der Waals surface area contributed by atoms with Crippen molar-refractivity contribution < 1.29 is 19.2 Å². The van der Waals surface area contributed by atoms with Crippen LogP contribution in [0.2, 0.25) is 0 Å². The standard InChI is InChI=1S/C8H8Br2Cl2N2O4/c9-1-3(15)13-5(7(11)17)6(8(12)18)14-4(16)2-10/h5-6H,1-2H2,(H,13,15)(H,14,16). The Morgan fingerprint density at radius 1 is 0.833 bits per heavy atom. The summed E-state index contributed by atoms with van der Waals surface area (Å²) in [5, 5.41) is 2.13. The lowest BCUT2D eigenvalue weighted by atomic mass is 10.1. The predicted molar refractivity (Wildman–Crippen MR) is 73.2 cm³/mol. The Balaban J connectivity index is 4.99. The highest BCUT2D eigenvalue weighted by atomic mass is 79.9. The fraction of sp³-hybridized carbons (Fsp3) is 0.500. The Morgan fingerprint density at radius 2 is 1.11 bits per heavy atom. The van der Waals surface area contributed by atoms with E-state index in [1.165, 1.54) is 0 Å². The molecule has 2 amide bonds. The third kappa shape index (κ3) is 6.12. The van der Waals surface area contributed by atoms with E-state index in [0.29, 0.717) is 0 Å². The molecule has 2 unspecified atom stereocenters. The van der Waals surface area contributed by atoms with Gasteiger partial charge in [-0.1, -0.05) is 31.9 Å². The van der Waals surface area contributed by atoms with Gasteiger partial charge in [-0.15, -0.1) is 0 Å². The second-order valence-electron chi connectivity index (χ2n) is 2.97. The van der Waals surface area contributed by atoms with Crippen molar-refractivity contribution >= 4 is 77.4 Å². The number of nitrogens with one attached hydrogen (secondary N) is 2. The summed E-state index contributed by atoms with van der Waals surface area (Å²) in [5.41, 5.74) is 0. The van der Waals surface area contributed by atoms with Gasteiger partial charge in [0.05, 0.1) is 10.7 Å². The van der Waals surface area contributed by atoms with Gasteiger partial charge in [0.2, 0.25) is 22.3 Å². The SMILES string of the molecule is O=C(CBr)NC(C(=O)Cl)C(NC(=O)CBr)C(=O)Cl. The van der Waals surface area contributed by atoms with E-state index in [-0.39, 0.29) is 10.7 Å². The molecule has 0 spiro atoms. The molecule has 0 saturated carbocycles. The van der Waals surface area contributed by atoms with E-state index < -0.39 is 34.4 Å². The summed E-state index contributed by atoms with van der Waals surface area (Å²) < 4.78 is 0. The number of hydrogen-bond donors (Lipinski definition) is 2. The first-order valence-electron chi connectivity index (χ1n) is 4.42. The summed E-state index contributed by atoms with van der Waals surface area (Å²) in [6.45, 7) is 0. The lowest BCUT2D eigenvalue weighted by Gasteiger charge is -2.22. The van der Waals surface area contributed by atoms with Gasteiger partial charge in [-0.2, -0.15) is 0 Å². The van der Waals surface area contributed by atoms with E-state index in [1.807, 2.05) is 0 Å². The molecule has 0 saturated heterocycles. The van der Waals surface area contributed by atoms with Crippen molar-refractivity contribution in [2.24, 2.45) is 0 Å². The van der Waals surface area contributed by atoms with E-state index >= 15 is 0 Å². The maximum Gasteiger partial charge on any atom is 0.246 e. The fourth-order valence-corrected chi connectivity index (χ4v) is 1.65. The summed E-state index contributed by atoms with van der Waals surface area (Å²) in [4.78, 5) is 44.7. The maximum absolute atomic E-state index is 11.2. The molecule has 0 aromatic carbocycles. The minimum atomic E-state index is -1.43. The smallest absolute Gasteiger partial charge is 0.246 e. The third-order valence-electron chi connectivity index (χ3n) is 1.70. The Bertz CT molecular complexity index is 333. The van der Waals surface area contributed by atoms with Crippen LogP contribution in [0.1, 0.15) is 0 Å². The first-order valence-corrected chi connectivity index (χ1v) is 7.42. The van der Waals surface area contributed by atoms with E-state index in [0.717, 1.165) is 0 Å². The normalized spacial score (nSPS) is 13.3. The van der Waals surface area contributed by atoms with Crippen LogP contribution in [0, 0.1) is 0 Å². The van der Waals surface area contributed by atoms with Crippen molar-refractivity contribution in [1.82, 2.24) is 10.6 Å². The van der Waals surface area contributed by atoms with Crippen LogP contribution in [0.15, 0.2) is 0 Å². The van der Waals surface area contributed by atoms with E-state index in [4.69, 9.17) is 23.2 Å². The summed E-state index contributed by atoms with van der Waals surface area (Å²) in [6, 6.07) is -2.85. The van der Waals surface area contributed by atoms with Crippen LogP contribution >= 0.6 is 55.1 Å². The monoisotopic (exact) mass is 424 g/mol. The zero-order valence-corrected chi connectivity index (χ0v) is 13.4. The number of halogens is 4. The van der Waals surface area contributed by atoms with E-state index in [1.54, 1.807) is 0 Å². The first-order chi connectivity index (χ1) is 8.33. The highest BCUT2D eigenvalue weighted by Crippen LogP contribution is 2.05. The molecule has 18 heavy (non-hydrogen) atoms. The quantitative estimate of drug-likeness (QED) is 0.451. The number of alkyl halides is 2. The second-order valence-corrected chi connectivity index (χ2v) is 4.83. The van der Waals surface area contributed by atoms with Crippen molar-refractivity contribution in [3.63, 3.8) is 0 Å². The summed E-state index contributed by atoms with van der Waals surface area (Å²) in [5.74, 6) is -1.16. The number of amides is 2. The van der Waals surface area contributed by atoms with Crippen LogP contribution in [0.4, 0.5) is 0 Å². The average molecular weight is 427 g/mol. The molecule has 0 aliphatic carbocycles. The molecule has 0 aliphatic rings. The molecule has 0 fully saturated rings. The van der Waals surface area contributed by atoms with Crippen LogP contribution in [-0.4, -0.2) is 45.0 Å². The van der Waals surface area contributed by atoms with Crippen molar-refractivity contribution in [2.45, 2.75) is 12.1 Å². The molecular weight excluding hydrogens is 419 g/mol. The molecule has 2 atom stereocenters. The zero-order chi connectivity index (χ0) is 14.3. The van der Waals surface area contributed by atoms with Crippen LogP contribution in [0.25, 0.3) is 0 Å². The lowest BCUT2D eigenvalue weighted by molar-refractivity contribution is -0.128. The molecular formula is C8H8Br2Cl2N2O4. The van der Waals surface area contributed by atoms with E-state index in [2.05, 4.69) is 42.5 Å². The van der Waals surface area contributed by atoms with Crippen LogP contribution in [-0.2, 0) is 19.2 Å². The minimum absolute atomic E-state index is 0.0940. The highest BCUT2D eigenvalue weighted by Gasteiger charge is 2.34. The molecule has 0 aromatic heterocycles. The van der Waals surface area contributed by atoms with Gasteiger partial charge in [-0.3, -0.25) is 19.2 Å². The second kappa shape index (κ2) is 8.84. The van der Waals surface area contributed by atoms with Crippen LogP contribution in [0.3, 0.4) is 0 Å². The Morgan fingerprint density at radius 3 is 1.28 bits per heavy atom. The van der Waals surface area contributed by atoms with Crippen LogP contribution in [0.5, 0.6) is 0 Å². The summed E-state index contributed by atoms with van der Waals surface area (Å²) in [6.07, 6.45) is 0. The molecule has 0 bridgehead atoms. The first kappa shape index (κ1) is 17.8. The van der Waals surface area contributed by atoms with Gasteiger partial charge in [0.15, 0.2) is 0 Å². The molecule has 0 aromatic rings. The molecule has 10 heteroatoms. The van der Waals surface area contributed by atoms with Gasteiger partial charge in [0, 0.05) is 0 Å². The van der Waals surface area contributed by atoms with Crippen molar-refractivity contribution in [3.8, 4) is 0 Å². The summed E-state index contributed by atoms with van der Waals surface area (Å²) in [7, 11) is 0. The number of rotatable bonds is 7. The highest BCUT2D eigenvalue weighted by molar-refractivity contribution is 9.09. The Kier molecular flexibility index (Phi) is 8.75. The molecule has 0 heterocycles. The topological polar surface area (TPSA) is 92.3 Å². The Labute approximate surface area is 129 Å². The van der Waals surface area contributed by atoms with Gasteiger partial charge in [0.1, 0.15) is 12.1 Å². The fourth-order valence-electron chi connectivity index (χ4n) is 0.966. The average Bonchev–Trinajstić information content (AvgIpc) is 2.31. The summed E-state index contributed by atoms with van der Waals surface area (Å²) >= 11 is 16.3. The van der Waals surface area contributed by atoms with Crippen molar-refractivity contribution in [2.75, 3.05) is 10.7 Å². The number of carbonyl (C=O) groups excluding carboxylic acids is 4. The van der Waals surface area contributed by atoms with E-state index in [9.17, 15) is 19.2 Å². The van der Waals surface area contributed by atoms with Crippen LogP contribution < -0.4 is 10.6 Å². The number of hydrogen-bond acceptors (Lipinski definition) is 4. The van der Waals surface area contributed by atoms with Gasteiger partial charge < -0.3 is 10.6 Å². The molecule has 6 nitrogen and oxygen atoms in total. The van der Waals surface area contributed by atoms with Crippen molar-refractivity contribution in [3.05, 3.63) is 0 Å². The molecule has 102 valence electrons. The molecule has 2 N–H and O–H groups in total. The third-order valence-corrected chi connectivity index (χ3v) is 3.19. The van der Waals surface area contributed by atoms with Gasteiger partial charge in [-0.05, 0) is 23.2 Å². The van der Waals surface area contributed by atoms with Crippen molar-refractivity contribution in [1.29, 1.82) is 0 Å². The molecule has 0 rings (SSSR count). The van der Waals surface area contributed by atoms with Gasteiger partial charge in [0.25, 0.3) is 0 Å². The lowest BCUT2D eigenvalue weighted by Crippen LogP contribution is -2.57. The largest absolute Gasteiger partial charge is 0.342 e. The Hall–Kier alpha value is -0.180. The molecule has 0 radical (unpaired) electrons. The minimum Gasteiger partial charge on any atom is -0.342 e. The molecule has 0 aliphatic heterocycles. The zero-order valence-electron chi connectivity index (χ0n) is 8.71. The predicted octanol–water partition coefficient (Wildman–Crippen LogP) is 0.277. The maximum atomic E-state index is 11.2. The number of carbonyl (C=O) groups is 4.